The number of rotatable bonds is 6. The molecular formula is C20H23N3O5S. The first kappa shape index (κ1) is 20.7. The average Bonchev–Trinajstić information content (AvgIpc) is 2.67. The number of benzene rings is 2. The first-order chi connectivity index (χ1) is 13.7. The lowest BCUT2D eigenvalue weighted by Crippen LogP contribution is -2.52. The van der Waals surface area contributed by atoms with Gasteiger partial charge in [-0.25, -0.2) is 8.42 Å². The molecule has 0 spiro atoms. The van der Waals surface area contributed by atoms with Gasteiger partial charge in [-0.05, 0) is 50.2 Å². The summed E-state index contributed by atoms with van der Waals surface area (Å²) in [6, 6.07) is 12.3. The summed E-state index contributed by atoms with van der Waals surface area (Å²) in [7, 11) is -3.77. The van der Waals surface area contributed by atoms with Crippen molar-refractivity contribution in [2.75, 3.05) is 33.9 Å². The molecule has 2 aromatic rings. The van der Waals surface area contributed by atoms with Crippen LogP contribution in [0.25, 0.3) is 0 Å². The number of sulfonamides is 1. The summed E-state index contributed by atoms with van der Waals surface area (Å²) in [5.74, 6) is -0.229. The normalized spacial score (nSPS) is 14.6. The number of nitrogens with zero attached hydrogens (tertiary/aromatic N) is 2. The van der Waals surface area contributed by atoms with Gasteiger partial charge in [0, 0.05) is 0 Å². The van der Waals surface area contributed by atoms with Gasteiger partial charge in [-0.1, -0.05) is 12.1 Å². The van der Waals surface area contributed by atoms with Gasteiger partial charge in [-0.3, -0.25) is 18.8 Å². The Bertz CT molecular complexity index is 1020. The number of hydrogen-bond acceptors (Lipinski definition) is 5. The minimum Gasteiger partial charge on any atom is -0.494 e. The van der Waals surface area contributed by atoms with Gasteiger partial charge in [-0.2, -0.15) is 0 Å². The van der Waals surface area contributed by atoms with Crippen molar-refractivity contribution in [3.63, 3.8) is 0 Å². The Balaban J connectivity index is 1.95. The average molecular weight is 417 g/mol. The molecule has 1 aliphatic heterocycles. The molecule has 8 nitrogen and oxygen atoms in total. The third-order valence-corrected chi connectivity index (χ3v) is 5.75. The zero-order chi connectivity index (χ0) is 21.2. The second kappa shape index (κ2) is 8.12. The van der Waals surface area contributed by atoms with Crippen molar-refractivity contribution in [2.45, 2.75) is 19.9 Å². The summed E-state index contributed by atoms with van der Waals surface area (Å²) < 4.78 is 31.5. The number of nitrogens with one attached hydrogen (secondary N) is 1. The fraction of sp³-hybridized carbons (Fsp3) is 0.300. The second-order valence-corrected chi connectivity index (χ2v) is 8.51. The van der Waals surface area contributed by atoms with Crippen LogP contribution in [-0.4, -0.2) is 45.7 Å². The molecule has 3 rings (SSSR count). The van der Waals surface area contributed by atoms with Crippen molar-refractivity contribution in [1.82, 2.24) is 0 Å². The van der Waals surface area contributed by atoms with Gasteiger partial charge in [0.2, 0.25) is 15.9 Å². The van der Waals surface area contributed by atoms with Crippen molar-refractivity contribution in [2.24, 2.45) is 0 Å². The van der Waals surface area contributed by atoms with E-state index in [1.807, 2.05) is 6.92 Å². The minimum absolute atomic E-state index is 0.179. The lowest BCUT2D eigenvalue weighted by molar-refractivity contribution is -0.122. The molecule has 1 N–H and O–H groups in total. The fourth-order valence-corrected chi connectivity index (χ4v) is 4.48. The molecule has 1 heterocycles. The molecule has 0 saturated carbocycles. The SMILES string of the molecule is CCOc1ccc(N([C@@H](C)C(=O)N2CC(=O)Nc3ccccc32)S(C)(=O)=O)cc1. The Hall–Kier alpha value is -3.07. The highest BCUT2D eigenvalue weighted by Crippen LogP contribution is 2.31. The van der Waals surface area contributed by atoms with Crippen LogP contribution in [0.2, 0.25) is 0 Å². The highest BCUT2D eigenvalue weighted by molar-refractivity contribution is 7.92. The quantitative estimate of drug-likeness (QED) is 0.778. The van der Waals surface area contributed by atoms with E-state index in [2.05, 4.69) is 5.32 Å². The monoisotopic (exact) mass is 417 g/mol. The third-order valence-electron chi connectivity index (χ3n) is 4.51. The van der Waals surface area contributed by atoms with E-state index in [0.29, 0.717) is 29.4 Å². The molecular weight excluding hydrogens is 394 g/mol. The van der Waals surface area contributed by atoms with Crippen molar-refractivity contribution >= 4 is 38.9 Å². The molecule has 29 heavy (non-hydrogen) atoms. The minimum atomic E-state index is -3.77. The molecule has 0 saturated heterocycles. The smallest absolute Gasteiger partial charge is 0.251 e. The van der Waals surface area contributed by atoms with Crippen molar-refractivity contribution in [3.8, 4) is 5.75 Å². The van der Waals surface area contributed by atoms with Gasteiger partial charge in [0.05, 0.1) is 29.9 Å². The molecule has 0 radical (unpaired) electrons. The van der Waals surface area contributed by atoms with Crippen LogP contribution in [0.15, 0.2) is 48.5 Å². The zero-order valence-corrected chi connectivity index (χ0v) is 17.3. The Morgan fingerprint density at radius 3 is 2.48 bits per heavy atom. The van der Waals surface area contributed by atoms with E-state index in [4.69, 9.17) is 4.74 Å². The fourth-order valence-electron chi connectivity index (χ4n) is 3.31. The molecule has 0 unspecified atom stereocenters. The molecule has 9 heteroatoms. The lowest BCUT2D eigenvalue weighted by Gasteiger charge is -2.35. The summed E-state index contributed by atoms with van der Waals surface area (Å²) in [6.45, 7) is 3.67. The van der Waals surface area contributed by atoms with E-state index in [-0.39, 0.29) is 12.5 Å². The molecule has 1 atom stereocenters. The summed E-state index contributed by atoms with van der Waals surface area (Å²) in [5, 5.41) is 2.71. The van der Waals surface area contributed by atoms with Crippen molar-refractivity contribution < 1.29 is 22.7 Å². The molecule has 0 fully saturated rings. The topological polar surface area (TPSA) is 96.0 Å². The highest BCUT2D eigenvalue weighted by Gasteiger charge is 2.35. The number of amides is 2. The predicted octanol–water partition coefficient (Wildman–Crippen LogP) is 2.23. The Kier molecular flexibility index (Phi) is 5.78. The first-order valence-electron chi connectivity index (χ1n) is 9.15. The van der Waals surface area contributed by atoms with Gasteiger partial charge in [-0.15, -0.1) is 0 Å². The van der Waals surface area contributed by atoms with Crippen LogP contribution in [0, 0.1) is 0 Å². The second-order valence-electron chi connectivity index (χ2n) is 6.65. The van der Waals surface area contributed by atoms with Gasteiger partial charge < -0.3 is 10.1 Å². The van der Waals surface area contributed by atoms with Gasteiger partial charge >= 0.3 is 0 Å². The number of fused-ring (bicyclic) bond motifs is 1. The van der Waals surface area contributed by atoms with Crippen LogP contribution < -0.4 is 19.3 Å². The Morgan fingerprint density at radius 1 is 1.21 bits per heavy atom. The van der Waals surface area contributed by atoms with E-state index >= 15 is 0 Å². The van der Waals surface area contributed by atoms with Crippen LogP contribution in [0.5, 0.6) is 5.75 Å². The lowest BCUT2D eigenvalue weighted by atomic mass is 10.1. The number of carbonyl (C=O) groups excluding carboxylic acids is 2. The summed E-state index contributed by atoms with van der Waals surface area (Å²) in [4.78, 5) is 26.6. The number of ether oxygens (including phenoxy) is 1. The summed E-state index contributed by atoms with van der Waals surface area (Å²) in [6.07, 6.45) is 1.05. The van der Waals surface area contributed by atoms with E-state index in [1.54, 1.807) is 48.5 Å². The summed E-state index contributed by atoms with van der Waals surface area (Å²) in [5.41, 5.74) is 1.38. The van der Waals surface area contributed by atoms with E-state index in [9.17, 15) is 18.0 Å². The van der Waals surface area contributed by atoms with Crippen LogP contribution >= 0.6 is 0 Å². The molecule has 0 aliphatic carbocycles. The van der Waals surface area contributed by atoms with E-state index < -0.39 is 22.0 Å². The summed E-state index contributed by atoms with van der Waals surface area (Å²) >= 11 is 0. The molecule has 2 amide bonds. The highest BCUT2D eigenvalue weighted by atomic mass is 32.2. The maximum absolute atomic E-state index is 13.3. The van der Waals surface area contributed by atoms with E-state index in [0.717, 1.165) is 10.6 Å². The van der Waals surface area contributed by atoms with Gasteiger partial charge in [0.25, 0.3) is 5.91 Å². The van der Waals surface area contributed by atoms with Crippen molar-refractivity contribution in [3.05, 3.63) is 48.5 Å². The van der Waals surface area contributed by atoms with Crippen molar-refractivity contribution in [1.29, 1.82) is 0 Å². The number of carbonyl (C=O) groups is 2. The van der Waals surface area contributed by atoms with E-state index in [1.165, 1.54) is 11.8 Å². The maximum Gasteiger partial charge on any atom is 0.251 e. The molecule has 154 valence electrons. The third kappa shape index (κ3) is 4.34. The first-order valence-corrected chi connectivity index (χ1v) is 11.0. The number of hydrogen-bond donors (Lipinski definition) is 1. The molecule has 1 aliphatic rings. The van der Waals surface area contributed by atoms with Gasteiger partial charge in [0.15, 0.2) is 0 Å². The van der Waals surface area contributed by atoms with Crippen LogP contribution in [-0.2, 0) is 19.6 Å². The number of para-hydroxylation sites is 2. The zero-order valence-electron chi connectivity index (χ0n) is 16.5. The van der Waals surface area contributed by atoms with Gasteiger partial charge in [0.1, 0.15) is 18.3 Å². The van der Waals surface area contributed by atoms with Crippen LogP contribution in [0.3, 0.4) is 0 Å². The molecule has 2 aromatic carbocycles. The Morgan fingerprint density at radius 2 is 1.86 bits per heavy atom. The van der Waals surface area contributed by atoms with Crippen LogP contribution in [0.1, 0.15) is 13.8 Å². The Labute approximate surface area is 170 Å². The van der Waals surface area contributed by atoms with Crippen LogP contribution in [0.4, 0.5) is 17.1 Å². The molecule has 0 aromatic heterocycles. The number of anilines is 3. The largest absolute Gasteiger partial charge is 0.494 e. The maximum atomic E-state index is 13.3. The predicted molar refractivity (Wildman–Crippen MR) is 112 cm³/mol. The standard InChI is InChI=1S/C20H23N3O5S/c1-4-28-16-11-9-15(10-12-16)23(29(3,26)27)14(2)20(25)22-13-19(24)21-17-7-5-6-8-18(17)22/h5-12,14H,4,13H2,1-3H3,(H,21,24)/t14-/m0/s1. The molecule has 0 bridgehead atoms.